The van der Waals surface area contributed by atoms with E-state index in [4.69, 9.17) is 0 Å². The van der Waals surface area contributed by atoms with Crippen LogP contribution in [0.2, 0.25) is 0 Å². The number of thioether (sulfide) groups is 1. The third-order valence-electron chi connectivity index (χ3n) is 5.45. The summed E-state index contributed by atoms with van der Waals surface area (Å²) in [5, 5.41) is 11.2. The number of hydrogen-bond acceptors (Lipinski definition) is 3. The predicted octanol–water partition coefficient (Wildman–Crippen LogP) is 3.01. The summed E-state index contributed by atoms with van der Waals surface area (Å²) in [4.78, 5) is 16.4. The number of fused-ring (bicyclic) bond motifs is 2. The number of aliphatic hydroxyl groups is 1. The highest BCUT2D eigenvalue weighted by Crippen LogP contribution is 2.52. The fourth-order valence-corrected chi connectivity index (χ4v) is 5.13. The summed E-state index contributed by atoms with van der Waals surface area (Å²) in [7, 11) is 0. The number of rotatable bonds is 3. The van der Waals surface area contributed by atoms with Gasteiger partial charge in [0.1, 0.15) is 4.75 Å². The lowest BCUT2D eigenvalue weighted by atomic mass is 9.87. The smallest absolute Gasteiger partial charge is 0.265 e. The van der Waals surface area contributed by atoms with Crippen LogP contribution < -0.4 is 0 Å². The lowest BCUT2D eigenvalue weighted by Crippen LogP contribution is -2.48. The maximum absolute atomic E-state index is 12.1. The summed E-state index contributed by atoms with van der Waals surface area (Å²) < 4.78 is -0.806. The van der Waals surface area contributed by atoms with Crippen LogP contribution in [0, 0.1) is 17.8 Å². The predicted molar refractivity (Wildman–Crippen MR) is 78.3 cm³/mol. The van der Waals surface area contributed by atoms with Gasteiger partial charge in [0.25, 0.3) is 5.91 Å². The molecular weight excluding hydrogens is 258 g/mol. The van der Waals surface area contributed by atoms with Gasteiger partial charge in [-0.25, -0.2) is 4.99 Å². The molecule has 1 heterocycles. The maximum Gasteiger partial charge on any atom is 0.265 e. The topological polar surface area (TPSA) is 49.7 Å². The number of carbonyl (C=O) groups excluding carboxylic acids is 1. The van der Waals surface area contributed by atoms with Crippen LogP contribution in [0.25, 0.3) is 0 Å². The average Bonchev–Trinajstić information content (AvgIpc) is 2.94. The average molecular weight is 281 g/mol. The van der Waals surface area contributed by atoms with Crippen molar-refractivity contribution in [1.82, 2.24) is 0 Å². The monoisotopic (exact) mass is 281 g/mol. The second-order valence-corrected chi connectivity index (χ2v) is 8.64. The van der Waals surface area contributed by atoms with Crippen molar-refractivity contribution in [3.63, 3.8) is 0 Å². The van der Waals surface area contributed by atoms with Crippen molar-refractivity contribution in [2.75, 3.05) is 0 Å². The van der Waals surface area contributed by atoms with Gasteiger partial charge in [-0.3, -0.25) is 4.79 Å². The van der Waals surface area contributed by atoms with Gasteiger partial charge in [-0.15, -0.1) is 0 Å². The Morgan fingerprint density at radius 3 is 2.63 bits per heavy atom. The third-order valence-corrected chi connectivity index (χ3v) is 7.02. The van der Waals surface area contributed by atoms with Crippen molar-refractivity contribution in [2.24, 2.45) is 22.7 Å². The Labute approximate surface area is 119 Å². The van der Waals surface area contributed by atoms with Crippen molar-refractivity contribution in [3.8, 4) is 0 Å². The van der Waals surface area contributed by atoms with Crippen molar-refractivity contribution >= 4 is 22.7 Å². The third kappa shape index (κ3) is 2.17. The van der Waals surface area contributed by atoms with Crippen LogP contribution in [0.5, 0.6) is 0 Å². The highest BCUT2D eigenvalue weighted by atomic mass is 32.2. The lowest BCUT2D eigenvalue weighted by Gasteiger charge is -2.33. The van der Waals surface area contributed by atoms with Crippen molar-refractivity contribution in [1.29, 1.82) is 0 Å². The summed E-state index contributed by atoms with van der Waals surface area (Å²) in [6.07, 6.45) is 6.42. The van der Waals surface area contributed by atoms with Crippen molar-refractivity contribution in [2.45, 2.75) is 63.2 Å². The molecule has 2 bridgehead atoms. The summed E-state index contributed by atoms with van der Waals surface area (Å²) in [6.45, 7) is 5.22. The molecule has 4 heteroatoms. The number of carbonyl (C=O) groups is 1. The largest absolute Gasteiger partial charge is 0.388 e. The van der Waals surface area contributed by atoms with Gasteiger partial charge in [-0.2, -0.15) is 0 Å². The van der Waals surface area contributed by atoms with Gasteiger partial charge < -0.3 is 5.11 Å². The Morgan fingerprint density at radius 2 is 2.16 bits per heavy atom. The lowest BCUT2D eigenvalue weighted by molar-refractivity contribution is -0.124. The molecule has 0 aromatic heterocycles. The van der Waals surface area contributed by atoms with E-state index in [1.54, 1.807) is 13.8 Å². The van der Waals surface area contributed by atoms with Crippen molar-refractivity contribution < 1.29 is 9.90 Å². The van der Waals surface area contributed by atoms with Gasteiger partial charge in [0, 0.05) is 0 Å². The van der Waals surface area contributed by atoms with E-state index < -0.39 is 10.3 Å². The van der Waals surface area contributed by atoms with E-state index in [0.29, 0.717) is 0 Å². The zero-order valence-electron chi connectivity index (χ0n) is 12.0. The summed E-state index contributed by atoms with van der Waals surface area (Å²) in [5.74, 6) is 2.35. The second-order valence-electron chi connectivity index (χ2n) is 7.14. The summed E-state index contributed by atoms with van der Waals surface area (Å²) >= 11 is 1.49. The minimum absolute atomic E-state index is 0.164. The fraction of sp³-hybridized carbons (Fsp3) is 0.867. The van der Waals surface area contributed by atoms with E-state index in [-0.39, 0.29) is 5.91 Å². The molecule has 3 nitrogen and oxygen atoms in total. The minimum Gasteiger partial charge on any atom is -0.388 e. The Balaban J connectivity index is 1.68. The SMILES string of the molecule is CC(C)(O)[C@]1(C)SC(C[C@H]2C[C@@H]3CC[C@H]2C3)=NC1=O. The summed E-state index contributed by atoms with van der Waals surface area (Å²) in [6, 6.07) is 0. The standard InChI is InChI=1S/C15H23NO2S/c1-14(2,18)15(3)13(17)16-12(19-15)8-11-7-9-4-5-10(11)6-9/h9-11,18H,4-8H2,1-3H3/t9-,10+,11-,15-/m1/s1. The Hall–Kier alpha value is -0.350. The van der Waals surface area contributed by atoms with E-state index in [2.05, 4.69) is 4.99 Å². The number of amides is 1. The van der Waals surface area contributed by atoms with Crippen LogP contribution in [0.1, 0.15) is 52.9 Å². The molecule has 2 aliphatic carbocycles. The number of aliphatic imine (C=N–C) groups is 1. The van der Waals surface area contributed by atoms with E-state index in [1.807, 2.05) is 6.92 Å². The van der Waals surface area contributed by atoms with Gasteiger partial charge in [0.2, 0.25) is 0 Å². The van der Waals surface area contributed by atoms with E-state index in [1.165, 1.54) is 37.4 Å². The molecule has 0 aromatic rings. The molecule has 4 atom stereocenters. The van der Waals surface area contributed by atoms with Gasteiger partial charge in [0.05, 0.1) is 10.6 Å². The maximum atomic E-state index is 12.1. The van der Waals surface area contributed by atoms with E-state index in [9.17, 15) is 9.90 Å². The zero-order chi connectivity index (χ0) is 13.8. The quantitative estimate of drug-likeness (QED) is 0.865. The molecule has 0 saturated heterocycles. The first-order chi connectivity index (χ1) is 8.79. The molecule has 3 rings (SSSR count). The first-order valence-corrected chi connectivity index (χ1v) is 8.14. The molecular formula is C15H23NO2S. The van der Waals surface area contributed by atoms with Crippen LogP contribution >= 0.6 is 11.8 Å². The molecule has 3 aliphatic rings. The molecule has 106 valence electrons. The molecule has 1 amide bonds. The van der Waals surface area contributed by atoms with Crippen LogP contribution in [-0.4, -0.2) is 26.4 Å². The van der Waals surface area contributed by atoms with Gasteiger partial charge in [0.15, 0.2) is 0 Å². The molecule has 2 fully saturated rings. The molecule has 0 radical (unpaired) electrons. The second kappa shape index (κ2) is 4.32. The van der Waals surface area contributed by atoms with Crippen LogP contribution in [-0.2, 0) is 4.79 Å². The molecule has 2 saturated carbocycles. The molecule has 0 unspecified atom stereocenters. The number of nitrogens with zero attached hydrogens (tertiary/aromatic N) is 1. The van der Waals surface area contributed by atoms with Gasteiger partial charge >= 0.3 is 0 Å². The highest BCUT2D eigenvalue weighted by Gasteiger charge is 2.52. The van der Waals surface area contributed by atoms with Crippen molar-refractivity contribution in [3.05, 3.63) is 0 Å². The Bertz CT molecular complexity index is 440. The van der Waals surface area contributed by atoms with E-state index >= 15 is 0 Å². The molecule has 0 spiro atoms. The molecule has 19 heavy (non-hydrogen) atoms. The first-order valence-electron chi connectivity index (χ1n) is 7.33. The molecule has 1 aliphatic heterocycles. The Morgan fingerprint density at radius 1 is 1.42 bits per heavy atom. The highest BCUT2D eigenvalue weighted by molar-refractivity contribution is 8.16. The van der Waals surface area contributed by atoms with E-state index in [0.717, 1.165) is 29.2 Å². The first kappa shape index (κ1) is 13.6. The Kier molecular flexibility index (Phi) is 3.10. The van der Waals surface area contributed by atoms with Gasteiger partial charge in [-0.1, -0.05) is 18.2 Å². The summed E-state index contributed by atoms with van der Waals surface area (Å²) in [5.41, 5.74) is -1.03. The molecule has 0 aromatic carbocycles. The van der Waals surface area contributed by atoms with Gasteiger partial charge in [-0.05, 0) is 64.2 Å². The van der Waals surface area contributed by atoms with Crippen LogP contribution in [0.15, 0.2) is 4.99 Å². The van der Waals surface area contributed by atoms with Crippen LogP contribution in [0.4, 0.5) is 0 Å². The van der Waals surface area contributed by atoms with Crippen LogP contribution in [0.3, 0.4) is 0 Å². The number of hydrogen-bond donors (Lipinski definition) is 1. The molecule has 1 N–H and O–H groups in total. The zero-order valence-corrected chi connectivity index (χ0v) is 12.8. The normalized spacial score (nSPS) is 42.0. The minimum atomic E-state index is -1.03. The fourth-order valence-electron chi connectivity index (χ4n) is 3.85.